The summed E-state index contributed by atoms with van der Waals surface area (Å²) in [6.07, 6.45) is 0.570. The Hall–Kier alpha value is -2.33. The molecule has 4 rings (SSSR count). The number of alkyl halides is 3. The van der Waals surface area contributed by atoms with Crippen LogP contribution in [-0.4, -0.2) is 45.2 Å². The minimum atomic E-state index is -4.84. The summed E-state index contributed by atoms with van der Waals surface area (Å²) in [4.78, 5) is 8.56. The smallest absolute Gasteiger partial charge is 0.402 e. The summed E-state index contributed by atoms with van der Waals surface area (Å²) < 4.78 is 44.1. The molecular weight excluding hydrogens is 399 g/mol. The maximum Gasteiger partial charge on any atom is 0.573 e. The third kappa shape index (κ3) is 4.11. The molecule has 10 heteroatoms. The highest BCUT2D eigenvalue weighted by Crippen LogP contribution is 2.61. The van der Waals surface area contributed by atoms with E-state index in [1.807, 2.05) is 20.0 Å². The molecule has 0 radical (unpaired) electrons. The van der Waals surface area contributed by atoms with Crippen LogP contribution in [0.1, 0.15) is 44.5 Å². The number of aliphatic hydroxyl groups excluding tert-OH is 1. The van der Waals surface area contributed by atoms with Crippen molar-refractivity contribution in [3.63, 3.8) is 0 Å². The van der Waals surface area contributed by atoms with Crippen molar-refractivity contribution in [3.8, 4) is 17.0 Å². The van der Waals surface area contributed by atoms with Gasteiger partial charge in [-0.25, -0.2) is 9.97 Å². The average molecular weight is 425 g/mol. The van der Waals surface area contributed by atoms with Gasteiger partial charge in [-0.15, -0.1) is 13.2 Å². The summed E-state index contributed by atoms with van der Waals surface area (Å²) in [5.41, 5.74) is 6.52. The van der Waals surface area contributed by atoms with E-state index in [0.717, 1.165) is 18.7 Å². The second-order valence-electron chi connectivity index (χ2n) is 8.37. The number of hydrogen-bond acceptors (Lipinski definition) is 6. The van der Waals surface area contributed by atoms with E-state index >= 15 is 0 Å². The first-order valence-corrected chi connectivity index (χ1v) is 10.1. The molecule has 2 unspecified atom stereocenters. The molecule has 0 spiro atoms. The maximum absolute atomic E-state index is 12.6. The van der Waals surface area contributed by atoms with Crippen LogP contribution in [0.25, 0.3) is 11.3 Å². The third-order valence-corrected chi connectivity index (χ3v) is 5.95. The van der Waals surface area contributed by atoms with Gasteiger partial charge in [0.15, 0.2) is 11.6 Å². The number of rotatable bonds is 7. The number of imidazole rings is 1. The van der Waals surface area contributed by atoms with Crippen LogP contribution in [0.15, 0.2) is 18.5 Å². The van der Waals surface area contributed by atoms with E-state index in [1.54, 1.807) is 0 Å². The Morgan fingerprint density at radius 3 is 2.63 bits per heavy atom. The summed E-state index contributed by atoms with van der Waals surface area (Å²) in [6, 6.07) is 2.01. The number of nitrogen functional groups attached to an aromatic ring is 1. The van der Waals surface area contributed by atoms with E-state index in [0.29, 0.717) is 41.7 Å². The van der Waals surface area contributed by atoms with E-state index < -0.39 is 12.1 Å². The van der Waals surface area contributed by atoms with Crippen LogP contribution in [-0.2, 0) is 0 Å². The number of nitrogens with two attached hydrogens (primary N) is 1. The summed E-state index contributed by atoms with van der Waals surface area (Å²) in [7, 11) is 0. The summed E-state index contributed by atoms with van der Waals surface area (Å²) in [5.74, 6) is 1.32. The summed E-state index contributed by atoms with van der Waals surface area (Å²) in [5, 5.41) is 12.3. The SMILES string of the molecule is CC(C)c1nc(-c2cnc(N)c(OC(F)(F)F)c2)cn1C1[C@H]2CC(NCCO)C[C@@H]12. The molecule has 2 aromatic heterocycles. The van der Waals surface area contributed by atoms with Gasteiger partial charge >= 0.3 is 6.36 Å². The van der Waals surface area contributed by atoms with Crippen LogP contribution in [0.5, 0.6) is 5.75 Å². The van der Waals surface area contributed by atoms with Crippen molar-refractivity contribution >= 4 is 5.82 Å². The lowest BCUT2D eigenvalue weighted by Crippen LogP contribution is -2.31. The van der Waals surface area contributed by atoms with Crippen molar-refractivity contribution < 1.29 is 23.0 Å². The van der Waals surface area contributed by atoms with Gasteiger partial charge in [-0.1, -0.05) is 13.8 Å². The number of aliphatic hydroxyl groups is 1. The average Bonchev–Trinajstić information content (AvgIpc) is 3.03. The van der Waals surface area contributed by atoms with E-state index in [1.165, 1.54) is 12.3 Å². The van der Waals surface area contributed by atoms with Crippen LogP contribution in [0.3, 0.4) is 0 Å². The van der Waals surface area contributed by atoms with E-state index in [2.05, 4.69) is 19.6 Å². The molecule has 0 aromatic carbocycles. The number of nitrogens with one attached hydrogen (secondary N) is 1. The number of aromatic nitrogens is 3. The van der Waals surface area contributed by atoms with Gasteiger partial charge in [0.2, 0.25) is 0 Å². The monoisotopic (exact) mass is 425 g/mol. The first-order valence-electron chi connectivity index (χ1n) is 10.1. The zero-order valence-electron chi connectivity index (χ0n) is 16.9. The van der Waals surface area contributed by atoms with Crippen molar-refractivity contribution in [1.29, 1.82) is 0 Å². The zero-order valence-corrected chi connectivity index (χ0v) is 16.9. The highest BCUT2D eigenvalue weighted by molar-refractivity contribution is 5.64. The van der Waals surface area contributed by atoms with Crippen LogP contribution < -0.4 is 15.8 Å². The first-order chi connectivity index (χ1) is 14.2. The quantitative estimate of drug-likeness (QED) is 0.631. The van der Waals surface area contributed by atoms with Gasteiger partial charge in [0.05, 0.1) is 12.3 Å². The Labute approximate surface area is 172 Å². The number of fused-ring (bicyclic) bond motifs is 1. The molecule has 2 fully saturated rings. The topological polar surface area (TPSA) is 98.2 Å². The second-order valence-corrected chi connectivity index (χ2v) is 8.37. The van der Waals surface area contributed by atoms with E-state index in [9.17, 15) is 13.2 Å². The minimum absolute atomic E-state index is 0.132. The number of ether oxygens (including phenoxy) is 1. The Bertz CT molecular complexity index is 902. The molecule has 2 aromatic rings. The predicted octanol–water partition coefficient (Wildman–Crippen LogP) is 3.08. The molecular formula is C20H26F3N5O2. The fraction of sp³-hybridized carbons (Fsp3) is 0.600. The van der Waals surface area contributed by atoms with Gasteiger partial charge in [0.1, 0.15) is 5.82 Å². The normalized spacial score (nSPS) is 25.6. The molecule has 2 heterocycles. The number of hydrogen-bond donors (Lipinski definition) is 3. The van der Waals surface area contributed by atoms with Gasteiger partial charge in [0.25, 0.3) is 0 Å². The number of pyridine rings is 1. The van der Waals surface area contributed by atoms with Gasteiger partial charge < -0.3 is 25.5 Å². The molecule has 2 saturated carbocycles. The Balaban J connectivity index is 1.57. The van der Waals surface area contributed by atoms with Crippen molar-refractivity contribution in [1.82, 2.24) is 19.9 Å². The lowest BCUT2D eigenvalue weighted by Gasteiger charge is -2.17. The highest BCUT2D eigenvalue weighted by atomic mass is 19.4. The molecule has 4 atom stereocenters. The molecule has 2 aliphatic rings. The summed E-state index contributed by atoms with van der Waals surface area (Å²) in [6.45, 7) is 4.83. The molecule has 0 amide bonds. The maximum atomic E-state index is 12.6. The Morgan fingerprint density at radius 2 is 2.03 bits per heavy atom. The molecule has 7 nitrogen and oxygen atoms in total. The van der Waals surface area contributed by atoms with Crippen molar-refractivity contribution in [2.45, 2.75) is 51.1 Å². The predicted molar refractivity (Wildman–Crippen MR) is 105 cm³/mol. The number of halogens is 3. The van der Waals surface area contributed by atoms with E-state index in [-0.39, 0.29) is 18.3 Å². The van der Waals surface area contributed by atoms with Gasteiger partial charge in [0, 0.05) is 42.5 Å². The van der Waals surface area contributed by atoms with Crippen molar-refractivity contribution in [3.05, 3.63) is 24.3 Å². The number of anilines is 1. The minimum Gasteiger partial charge on any atom is -0.402 e. The number of nitrogens with zero attached hydrogens (tertiary/aromatic N) is 3. The van der Waals surface area contributed by atoms with Gasteiger partial charge in [-0.05, 0) is 30.7 Å². The van der Waals surface area contributed by atoms with Crippen LogP contribution in [0, 0.1) is 11.8 Å². The molecule has 0 aliphatic heterocycles. The fourth-order valence-electron chi connectivity index (χ4n) is 4.67. The van der Waals surface area contributed by atoms with Gasteiger partial charge in [-0.2, -0.15) is 0 Å². The third-order valence-electron chi connectivity index (χ3n) is 5.95. The van der Waals surface area contributed by atoms with E-state index in [4.69, 9.17) is 15.8 Å². The Morgan fingerprint density at radius 1 is 1.33 bits per heavy atom. The Kier molecular flexibility index (Phi) is 5.39. The lowest BCUT2D eigenvalue weighted by atomic mass is 10.1. The molecule has 0 bridgehead atoms. The molecule has 0 saturated heterocycles. The van der Waals surface area contributed by atoms with Crippen LogP contribution in [0.2, 0.25) is 0 Å². The first kappa shape index (κ1) is 20.9. The van der Waals surface area contributed by atoms with Crippen molar-refractivity contribution in [2.75, 3.05) is 18.9 Å². The second kappa shape index (κ2) is 7.73. The molecule has 30 heavy (non-hydrogen) atoms. The van der Waals surface area contributed by atoms with Gasteiger partial charge in [-0.3, -0.25) is 0 Å². The zero-order chi connectivity index (χ0) is 21.6. The van der Waals surface area contributed by atoms with Crippen LogP contribution in [0.4, 0.5) is 19.0 Å². The molecule has 4 N–H and O–H groups in total. The molecule has 164 valence electrons. The summed E-state index contributed by atoms with van der Waals surface area (Å²) >= 11 is 0. The highest BCUT2D eigenvalue weighted by Gasteiger charge is 2.57. The van der Waals surface area contributed by atoms with Crippen LogP contribution >= 0.6 is 0 Å². The lowest BCUT2D eigenvalue weighted by molar-refractivity contribution is -0.274. The van der Waals surface area contributed by atoms with Crippen molar-refractivity contribution in [2.24, 2.45) is 11.8 Å². The standard InChI is InChI=1S/C20H26F3N5O2/c1-10(2)19-27-15(11-5-16(18(24)26-8-11)30-20(21,22)23)9-28(19)17-13-6-12(7-14(13)17)25-3-4-29/h5,8-10,12-14,17,25,29H,3-4,6-7H2,1-2H3,(H2,24,26)/t12?,13-,14+,17?. The fourth-order valence-corrected chi connectivity index (χ4v) is 4.67. The molecule has 2 aliphatic carbocycles. The largest absolute Gasteiger partial charge is 0.573 e.